The van der Waals surface area contributed by atoms with Crippen LogP contribution >= 0.6 is 28.1 Å². The van der Waals surface area contributed by atoms with Crippen molar-refractivity contribution in [3.63, 3.8) is 0 Å². The molecule has 0 saturated heterocycles. The molecule has 0 fully saturated rings. The molecule has 2 aromatic rings. The highest BCUT2D eigenvalue weighted by atomic mass is 79.9. The number of thiocarbonyl (C=S) groups is 1. The number of hydrogen-bond acceptors (Lipinski definition) is 3. The molecule has 3 N–H and O–H groups in total. The first kappa shape index (κ1) is 14.5. The van der Waals surface area contributed by atoms with E-state index in [9.17, 15) is 4.79 Å². The van der Waals surface area contributed by atoms with Crippen molar-refractivity contribution in [2.45, 2.75) is 0 Å². The van der Waals surface area contributed by atoms with Crippen LogP contribution in [-0.4, -0.2) is 11.0 Å². The molecule has 0 bridgehead atoms. The molecule has 0 atom stereocenters. The topological polar surface area (TPSA) is 53.2 Å². The Bertz CT molecular complexity index is 602. The van der Waals surface area contributed by atoms with Gasteiger partial charge in [-0.05, 0) is 48.6 Å². The van der Waals surface area contributed by atoms with Gasteiger partial charge in [-0.15, -0.1) is 0 Å². The maximum absolute atomic E-state index is 11.9. The van der Waals surface area contributed by atoms with Gasteiger partial charge in [0, 0.05) is 10.0 Å². The molecule has 0 unspecified atom stereocenters. The molecule has 0 aliphatic carbocycles. The quantitative estimate of drug-likeness (QED) is 0.588. The van der Waals surface area contributed by atoms with E-state index in [2.05, 4.69) is 32.1 Å². The summed E-state index contributed by atoms with van der Waals surface area (Å²) >= 11 is 8.36. The van der Waals surface area contributed by atoms with Gasteiger partial charge < -0.3 is 0 Å². The third-order valence-electron chi connectivity index (χ3n) is 2.43. The molecule has 0 aliphatic rings. The van der Waals surface area contributed by atoms with Crippen molar-refractivity contribution in [2.75, 3.05) is 5.43 Å². The molecule has 2 aromatic carbocycles. The number of hydrazine groups is 1. The van der Waals surface area contributed by atoms with E-state index in [-0.39, 0.29) is 11.0 Å². The standard InChI is InChI=1S/C14H12BrN3OS/c15-11-8-6-10(7-9-11)13(19)16-14(20)18-17-12-4-2-1-3-5-12/h1-9,17H,(H2,16,18,19,20). The third kappa shape index (κ3) is 4.32. The highest BCUT2D eigenvalue weighted by molar-refractivity contribution is 9.10. The van der Waals surface area contributed by atoms with Crippen LogP contribution in [0.2, 0.25) is 0 Å². The van der Waals surface area contributed by atoms with Crippen molar-refractivity contribution < 1.29 is 4.79 Å². The fourth-order valence-corrected chi connectivity index (χ4v) is 1.87. The monoisotopic (exact) mass is 349 g/mol. The minimum Gasteiger partial charge on any atom is -0.299 e. The zero-order valence-corrected chi connectivity index (χ0v) is 12.8. The molecule has 4 nitrogen and oxygen atoms in total. The number of benzene rings is 2. The van der Waals surface area contributed by atoms with Gasteiger partial charge in [0.05, 0.1) is 5.69 Å². The zero-order chi connectivity index (χ0) is 14.4. The lowest BCUT2D eigenvalue weighted by atomic mass is 10.2. The molecule has 20 heavy (non-hydrogen) atoms. The van der Waals surface area contributed by atoms with Crippen molar-refractivity contribution in [3.8, 4) is 0 Å². The summed E-state index contributed by atoms with van der Waals surface area (Å²) in [6.45, 7) is 0. The van der Waals surface area contributed by atoms with E-state index < -0.39 is 0 Å². The third-order valence-corrected chi connectivity index (χ3v) is 3.16. The highest BCUT2D eigenvalue weighted by Gasteiger charge is 2.06. The van der Waals surface area contributed by atoms with Crippen molar-refractivity contribution in [1.82, 2.24) is 10.7 Å². The van der Waals surface area contributed by atoms with Gasteiger partial charge in [-0.1, -0.05) is 34.1 Å². The average molecular weight is 350 g/mol. The summed E-state index contributed by atoms with van der Waals surface area (Å²) in [5, 5.41) is 2.80. The number of rotatable bonds is 3. The van der Waals surface area contributed by atoms with Gasteiger partial charge in [-0.25, -0.2) is 0 Å². The molecular weight excluding hydrogens is 338 g/mol. The first-order valence-corrected chi connectivity index (χ1v) is 7.03. The maximum Gasteiger partial charge on any atom is 0.257 e. The fourth-order valence-electron chi connectivity index (χ4n) is 1.46. The number of nitrogens with one attached hydrogen (secondary N) is 3. The Labute approximate surface area is 130 Å². The van der Waals surface area contributed by atoms with Gasteiger partial charge in [0.25, 0.3) is 5.91 Å². The van der Waals surface area contributed by atoms with Crippen molar-refractivity contribution >= 4 is 44.9 Å². The molecule has 1 amide bonds. The van der Waals surface area contributed by atoms with Crippen molar-refractivity contribution in [2.24, 2.45) is 0 Å². The van der Waals surface area contributed by atoms with E-state index >= 15 is 0 Å². The number of para-hydroxylation sites is 1. The molecule has 0 aromatic heterocycles. The SMILES string of the molecule is O=C(NC(=S)NNc1ccccc1)c1ccc(Br)cc1. The van der Waals surface area contributed by atoms with Crippen LogP contribution in [0.4, 0.5) is 5.69 Å². The largest absolute Gasteiger partial charge is 0.299 e. The molecule has 0 heterocycles. The average Bonchev–Trinajstić information content (AvgIpc) is 2.47. The van der Waals surface area contributed by atoms with E-state index in [4.69, 9.17) is 12.2 Å². The van der Waals surface area contributed by atoms with Crippen LogP contribution in [0.25, 0.3) is 0 Å². The molecule has 0 spiro atoms. The van der Waals surface area contributed by atoms with Crippen LogP contribution in [0.3, 0.4) is 0 Å². The number of carbonyl (C=O) groups excluding carboxylic acids is 1. The van der Waals surface area contributed by atoms with E-state index in [1.165, 1.54) is 0 Å². The summed E-state index contributed by atoms with van der Waals surface area (Å²) < 4.78 is 0.917. The first-order chi connectivity index (χ1) is 9.65. The Balaban J connectivity index is 1.85. The van der Waals surface area contributed by atoms with Crippen LogP contribution in [-0.2, 0) is 0 Å². The van der Waals surface area contributed by atoms with Gasteiger partial charge in [-0.2, -0.15) is 0 Å². The van der Waals surface area contributed by atoms with Gasteiger partial charge in [0.2, 0.25) is 0 Å². The van der Waals surface area contributed by atoms with Gasteiger partial charge >= 0.3 is 0 Å². The van der Waals surface area contributed by atoms with Crippen LogP contribution in [0.15, 0.2) is 59.1 Å². The van der Waals surface area contributed by atoms with E-state index in [0.29, 0.717) is 5.56 Å². The summed E-state index contributed by atoms with van der Waals surface area (Å²) in [6.07, 6.45) is 0. The van der Waals surface area contributed by atoms with Crippen LogP contribution < -0.4 is 16.2 Å². The minimum atomic E-state index is -0.259. The summed E-state index contributed by atoms with van der Waals surface area (Å²) in [5.74, 6) is -0.259. The van der Waals surface area contributed by atoms with Crippen molar-refractivity contribution in [3.05, 3.63) is 64.6 Å². The molecular formula is C14H12BrN3OS. The van der Waals surface area contributed by atoms with E-state index in [1.807, 2.05) is 30.3 Å². The second-order valence-electron chi connectivity index (χ2n) is 3.91. The second kappa shape index (κ2) is 7.02. The molecule has 6 heteroatoms. The van der Waals surface area contributed by atoms with Crippen molar-refractivity contribution in [1.29, 1.82) is 0 Å². The lowest BCUT2D eigenvalue weighted by molar-refractivity contribution is 0.0977. The zero-order valence-electron chi connectivity index (χ0n) is 10.4. The van der Waals surface area contributed by atoms with Gasteiger partial charge in [-0.3, -0.25) is 21.0 Å². The predicted molar refractivity (Wildman–Crippen MR) is 87.4 cm³/mol. The van der Waals surface area contributed by atoms with Crippen LogP contribution in [0.5, 0.6) is 0 Å². The number of carbonyl (C=O) groups is 1. The predicted octanol–water partition coefficient (Wildman–Crippen LogP) is 3.08. The highest BCUT2D eigenvalue weighted by Crippen LogP contribution is 2.10. The lowest BCUT2D eigenvalue weighted by Gasteiger charge is -2.11. The Morgan fingerprint density at radius 1 is 1.00 bits per heavy atom. The van der Waals surface area contributed by atoms with Gasteiger partial charge in [0.15, 0.2) is 5.11 Å². The number of amides is 1. The first-order valence-electron chi connectivity index (χ1n) is 5.83. The molecule has 0 aliphatic heterocycles. The van der Waals surface area contributed by atoms with E-state index in [0.717, 1.165) is 10.2 Å². The summed E-state index contributed by atoms with van der Waals surface area (Å²) in [4.78, 5) is 11.9. The summed E-state index contributed by atoms with van der Waals surface area (Å²) in [7, 11) is 0. The Hall–Kier alpha value is -1.92. The normalized spacial score (nSPS) is 9.65. The Morgan fingerprint density at radius 2 is 1.65 bits per heavy atom. The second-order valence-corrected chi connectivity index (χ2v) is 5.23. The summed E-state index contributed by atoms with van der Waals surface area (Å²) in [5.41, 5.74) is 7.04. The smallest absolute Gasteiger partial charge is 0.257 e. The van der Waals surface area contributed by atoms with Gasteiger partial charge in [0.1, 0.15) is 0 Å². The molecule has 0 radical (unpaired) electrons. The van der Waals surface area contributed by atoms with Crippen LogP contribution in [0, 0.1) is 0 Å². The number of anilines is 1. The van der Waals surface area contributed by atoms with Crippen LogP contribution in [0.1, 0.15) is 10.4 Å². The minimum absolute atomic E-state index is 0.210. The molecule has 0 saturated carbocycles. The fraction of sp³-hybridized carbons (Fsp3) is 0. The number of hydrogen-bond donors (Lipinski definition) is 3. The Kier molecular flexibility index (Phi) is 5.09. The maximum atomic E-state index is 11.9. The molecule has 2 rings (SSSR count). The summed E-state index contributed by atoms with van der Waals surface area (Å²) in [6, 6.07) is 16.5. The lowest BCUT2D eigenvalue weighted by Crippen LogP contribution is -2.41. The number of halogens is 1. The molecule has 102 valence electrons. The Morgan fingerprint density at radius 3 is 2.30 bits per heavy atom. The van der Waals surface area contributed by atoms with E-state index in [1.54, 1.807) is 24.3 Å².